The minimum absolute atomic E-state index is 0.0601. The fraction of sp³-hybridized carbons (Fsp3) is 0.647. The van der Waals surface area contributed by atoms with Crippen LogP contribution < -0.4 is 5.73 Å². The Labute approximate surface area is 124 Å². The summed E-state index contributed by atoms with van der Waals surface area (Å²) < 4.78 is 5.17. The first-order valence-corrected chi connectivity index (χ1v) is 7.65. The summed E-state index contributed by atoms with van der Waals surface area (Å²) in [6.45, 7) is 9.15. The van der Waals surface area contributed by atoms with Crippen LogP contribution in [0.15, 0.2) is 24.3 Å². The largest absolute Gasteiger partial charge is 0.383 e. The molecule has 0 bridgehead atoms. The second kappa shape index (κ2) is 9.11. The van der Waals surface area contributed by atoms with E-state index >= 15 is 0 Å². The number of aryl methyl sites for hydroxylation is 1. The van der Waals surface area contributed by atoms with E-state index in [-0.39, 0.29) is 6.04 Å². The lowest BCUT2D eigenvalue weighted by Crippen LogP contribution is -2.39. The van der Waals surface area contributed by atoms with Gasteiger partial charge in [0.15, 0.2) is 0 Å². The third-order valence-electron chi connectivity index (χ3n) is 3.69. The molecule has 0 heterocycles. The van der Waals surface area contributed by atoms with E-state index in [9.17, 15) is 0 Å². The van der Waals surface area contributed by atoms with E-state index < -0.39 is 0 Å². The SMILES string of the molecule is CCCc1ccc(C(N)CN(CCOC)C(C)C)cc1. The first kappa shape index (κ1) is 17.2. The van der Waals surface area contributed by atoms with E-state index in [0.29, 0.717) is 6.04 Å². The Balaban J connectivity index is 2.60. The normalized spacial score (nSPS) is 13.2. The minimum atomic E-state index is 0.0601. The number of nitrogens with zero attached hydrogens (tertiary/aromatic N) is 1. The van der Waals surface area contributed by atoms with Crippen LogP contribution in [0.3, 0.4) is 0 Å². The highest BCUT2D eigenvalue weighted by Gasteiger charge is 2.14. The maximum atomic E-state index is 6.35. The second-order valence-electron chi connectivity index (χ2n) is 5.68. The Bertz CT molecular complexity index is 362. The van der Waals surface area contributed by atoms with Crippen LogP contribution in [0.25, 0.3) is 0 Å². The van der Waals surface area contributed by atoms with Gasteiger partial charge in [0.25, 0.3) is 0 Å². The Morgan fingerprint density at radius 2 is 1.85 bits per heavy atom. The Kier molecular flexibility index (Phi) is 7.82. The zero-order valence-corrected chi connectivity index (χ0v) is 13.4. The van der Waals surface area contributed by atoms with Gasteiger partial charge in [0.2, 0.25) is 0 Å². The predicted molar refractivity (Wildman–Crippen MR) is 86.0 cm³/mol. The standard InChI is InChI=1S/C17H30N2O/c1-5-6-15-7-9-16(10-8-15)17(18)13-19(14(2)3)11-12-20-4/h7-10,14,17H,5-6,11-13,18H2,1-4H3. The van der Waals surface area contributed by atoms with Crippen molar-refractivity contribution in [1.29, 1.82) is 0 Å². The van der Waals surface area contributed by atoms with Gasteiger partial charge in [-0.15, -0.1) is 0 Å². The molecular formula is C17H30N2O. The monoisotopic (exact) mass is 278 g/mol. The molecule has 0 aliphatic rings. The van der Waals surface area contributed by atoms with E-state index in [1.165, 1.54) is 17.5 Å². The Hall–Kier alpha value is -0.900. The molecule has 0 fully saturated rings. The highest BCUT2D eigenvalue weighted by molar-refractivity contribution is 5.25. The summed E-state index contributed by atoms with van der Waals surface area (Å²) in [5.74, 6) is 0. The van der Waals surface area contributed by atoms with Crippen molar-refractivity contribution in [3.8, 4) is 0 Å². The van der Waals surface area contributed by atoms with Crippen molar-refractivity contribution in [2.24, 2.45) is 5.73 Å². The molecule has 0 saturated heterocycles. The molecule has 0 radical (unpaired) electrons. The minimum Gasteiger partial charge on any atom is -0.383 e. The number of hydrogen-bond acceptors (Lipinski definition) is 3. The summed E-state index contributed by atoms with van der Waals surface area (Å²) >= 11 is 0. The molecule has 0 aromatic heterocycles. The summed E-state index contributed by atoms with van der Waals surface area (Å²) in [6, 6.07) is 9.29. The topological polar surface area (TPSA) is 38.5 Å². The lowest BCUT2D eigenvalue weighted by Gasteiger charge is -2.29. The summed E-state index contributed by atoms with van der Waals surface area (Å²) in [4.78, 5) is 2.37. The third kappa shape index (κ3) is 5.61. The molecule has 2 N–H and O–H groups in total. The van der Waals surface area contributed by atoms with Crippen molar-refractivity contribution in [2.75, 3.05) is 26.8 Å². The number of methoxy groups -OCH3 is 1. The smallest absolute Gasteiger partial charge is 0.0589 e. The molecule has 0 saturated carbocycles. The predicted octanol–water partition coefficient (Wildman–Crippen LogP) is 3.00. The van der Waals surface area contributed by atoms with Crippen molar-refractivity contribution in [1.82, 2.24) is 4.90 Å². The third-order valence-corrected chi connectivity index (χ3v) is 3.69. The van der Waals surface area contributed by atoms with E-state index in [1.807, 2.05) is 0 Å². The van der Waals surface area contributed by atoms with Crippen LogP contribution >= 0.6 is 0 Å². The zero-order chi connectivity index (χ0) is 15.0. The first-order valence-electron chi connectivity index (χ1n) is 7.65. The van der Waals surface area contributed by atoms with Gasteiger partial charge in [-0.1, -0.05) is 37.6 Å². The van der Waals surface area contributed by atoms with Crippen LogP contribution in [0.4, 0.5) is 0 Å². The van der Waals surface area contributed by atoms with Crippen molar-refractivity contribution < 1.29 is 4.74 Å². The molecule has 0 amide bonds. The molecular weight excluding hydrogens is 248 g/mol. The molecule has 1 unspecified atom stereocenters. The molecule has 0 aliphatic carbocycles. The summed E-state index contributed by atoms with van der Waals surface area (Å²) in [7, 11) is 1.74. The summed E-state index contributed by atoms with van der Waals surface area (Å²) in [5, 5.41) is 0. The van der Waals surface area contributed by atoms with Crippen LogP contribution in [-0.4, -0.2) is 37.7 Å². The molecule has 1 aromatic carbocycles. The van der Waals surface area contributed by atoms with Crippen LogP contribution in [0, 0.1) is 0 Å². The van der Waals surface area contributed by atoms with Crippen molar-refractivity contribution in [3.05, 3.63) is 35.4 Å². The molecule has 114 valence electrons. The average Bonchev–Trinajstić information content (AvgIpc) is 2.44. The number of nitrogens with two attached hydrogens (primary N) is 1. The Morgan fingerprint density at radius 3 is 2.35 bits per heavy atom. The van der Waals surface area contributed by atoms with Gasteiger partial charge in [0.1, 0.15) is 0 Å². The molecule has 20 heavy (non-hydrogen) atoms. The summed E-state index contributed by atoms with van der Waals surface area (Å²) in [5.41, 5.74) is 8.95. The number of benzene rings is 1. The first-order chi connectivity index (χ1) is 9.58. The highest BCUT2D eigenvalue weighted by atomic mass is 16.5. The lowest BCUT2D eigenvalue weighted by atomic mass is 10.0. The van der Waals surface area contributed by atoms with Crippen molar-refractivity contribution in [2.45, 2.75) is 45.7 Å². The second-order valence-corrected chi connectivity index (χ2v) is 5.68. The molecule has 1 atom stereocenters. The molecule has 1 aromatic rings. The maximum absolute atomic E-state index is 6.35. The Morgan fingerprint density at radius 1 is 1.20 bits per heavy atom. The van der Waals surface area contributed by atoms with E-state index in [1.54, 1.807) is 7.11 Å². The molecule has 3 nitrogen and oxygen atoms in total. The average molecular weight is 278 g/mol. The van der Waals surface area contributed by atoms with Crippen molar-refractivity contribution in [3.63, 3.8) is 0 Å². The summed E-state index contributed by atoms with van der Waals surface area (Å²) in [6.07, 6.45) is 2.32. The van der Waals surface area contributed by atoms with E-state index in [4.69, 9.17) is 10.5 Å². The maximum Gasteiger partial charge on any atom is 0.0589 e. The van der Waals surface area contributed by atoms with Crippen LogP contribution in [0.5, 0.6) is 0 Å². The van der Waals surface area contributed by atoms with Gasteiger partial charge >= 0.3 is 0 Å². The van der Waals surface area contributed by atoms with Crippen molar-refractivity contribution >= 4 is 0 Å². The van der Waals surface area contributed by atoms with Gasteiger partial charge in [-0.2, -0.15) is 0 Å². The molecule has 1 rings (SSSR count). The van der Waals surface area contributed by atoms with Gasteiger partial charge in [0, 0.05) is 32.3 Å². The fourth-order valence-corrected chi connectivity index (χ4v) is 2.35. The zero-order valence-electron chi connectivity index (χ0n) is 13.4. The number of rotatable bonds is 9. The van der Waals surface area contributed by atoms with Gasteiger partial charge in [-0.05, 0) is 31.4 Å². The number of hydrogen-bond donors (Lipinski definition) is 1. The van der Waals surface area contributed by atoms with Gasteiger partial charge in [0.05, 0.1) is 6.61 Å². The fourth-order valence-electron chi connectivity index (χ4n) is 2.35. The molecule has 3 heteroatoms. The number of ether oxygens (including phenoxy) is 1. The highest BCUT2D eigenvalue weighted by Crippen LogP contribution is 2.15. The van der Waals surface area contributed by atoms with Crippen LogP contribution in [0.2, 0.25) is 0 Å². The van der Waals surface area contributed by atoms with E-state index in [0.717, 1.165) is 26.1 Å². The van der Waals surface area contributed by atoms with Crippen LogP contribution in [0.1, 0.15) is 44.4 Å². The quantitative estimate of drug-likeness (QED) is 0.754. The van der Waals surface area contributed by atoms with Gasteiger partial charge < -0.3 is 10.5 Å². The van der Waals surface area contributed by atoms with E-state index in [2.05, 4.69) is 49.9 Å². The van der Waals surface area contributed by atoms with Crippen LogP contribution in [-0.2, 0) is 11.2 Å². The molecule has 0 spiro atoms. The lowest BCUT2D eigenvalue weighted by molar-refractivity contribution is 0.125. The van der Waals surface area contributed by atoms with Gasteiger partial charge in [-0.3, -0.25) is 4.90 Å². The van der Waals surface area contributed by atoms with Gasteiger partial charge in [-0.25, -0.2) is 0 Å². The molecule has 0 aliphatic heterocycles.